The standard InChI is InChI=1S/C20H29N5O/c1-22-7-8-24(13-16-5-6-16)18(15-22)17-14-25-19(21-17)3-2-4-20(25)23-9-11-26-12-10-23/h2-4,14,16,18H,5-13,15H2,1H3/t18-/m1/s1. The van der Waals surface area contributed by atoms with Crippen molar-refractivity contribution in [2.45, 2.75) is 18.9 Å². The van der Waals surface area contributed by atoms with Crippen molar-refractivity contribution in [2.75, 3.05) is 64.4 Å². The van der Waals surface area contributed by atoms with Crippen LogP contribution >= 0.6 is 0 Å². The van der Waals surface area contributed by atoms with Gasteiger partial charge in [0.05, 0.1) is 24.9 Å². The summed E-state index contributed by atoms with van der Waals surface area (Å²) < 4.78 is 7.81. The maximum absolute atomic E-state index is 5.52. The lowest BCUT2D eigenvalue weighted by molar-refractivity contribution is 0.0835. The number of nitrogens with zero attached hydrogens (tertiary/aromatic N) is 5. The van der Waals surface area contributed by atoms with Gasteiger partial charge in [0.2, 0.25) is 0 Å². The van der Waals surface area contributed by atoms with Gasteiger partial charge in [0.15, 0.2) is 0 Å². The van der Waals surface area contributed by atoms with E-state index in [1.54, 1.807) is 0 Å². The van der Waals surface area contributed by atoms with Crippen LogP contribution in [-0.4, -0.2) is 78.7 Å². The lowest BCUT2D eigenvalue weighted by Crippen LogP contribution is -2.47. The number of morpholine rings is 1. The summed E-state index contributed by atoms with van der Waals surface area (Å²) in [4.78, 5) is 12.6. The first kappa shape index (κ1) is 16.5. The zero-order chi connectivity index (χ0) is 17.5. The summed E-state index contributed by atoms with van der Waals surface area (Å²) >= 11 is 0. The number of fused-ring (bicyclic) bond motifs is 1. The van der Waals surface area contributed by atoms with E-state index >= 15 is 0 Å². The molecule has 140 valence electrons. The van der Waals surface area contributed by atoms with E-state index in [0.29, 0.717) is 6.04 Å². The fourth-order valence-corrected chi connectivity index (χ4v) is 4.31. The highest BCUT2D eigenvalue weighted by molar-refractivity contribution is 5.53. The molecule has 1 saturated carbocycles. The molecule has 0 N–H and O–H groups in total. The van der Waals surface area contributed by atoms with Crippen LogP contribution in [-0.2, 0) is 4.74 Å². The molecule has 2 aromatic heterocycles. The molecule has 3 fully saturated rings. The number of aromatic nitrogens is 2. The molecule has 1 atom stereocenters. The molecule has 1 aliphatic carbocycles. The normalized spacial score (nSPS) is 25.9. The molecule has 4 heterocycles. The number of rotatable bonds is 4. The Hall–Kier alpha value is -1.63. The number of hydrogen-bond donors (Lipinski definition) is 0. The Morgan fingerprint density at radius 2 is 1.96 bits per heavy atom. The number of anilines is 1. The van der Waals surface area contributed by atoms with Gasteiger partial charge < -0.3 is 14.5 Å². The molecule has 2 saturated heterocycles. The number of likely N-dealkylation sites (N-methyl/N-ethyl adjacent to an activating group) is 1. The number of imidazole rings is 1. The topological polar surface area (TPSA) is 36.2 Å². The summed E-state index contributed by atoms with van der Waals surface area (Å²) in [6.07, 6.45) is 5.10. The van der Waals surface area contributed by atoms with E-state index < -0.39 is 0 Å². The van der Waals surface area contributed by atoms with Crippen molar-refractivity contribution in [3.05, 3.63) is 30.1 Å². The highest BCUT2D eigenvalue weighted by Gasteiger charge is 2.33. The van der Waals surface area contributed by atoms with Crippen molar-refractivity contribution in [1.29, 1.82) is 0 Å². The number of ether oxygens (including phenoxy) is 1. The molecule has 2 aliphatic heterocycles. The van der Waals surface area contributed by atoms with E-state index in [9.17, 15) is 0 Å². The average Bonchev–Trinajstić information content (AvgIpc) is 3.38. The van der Waals surface area contributed by atoms with Gasteiger partial charge in [-0.25, -0.2) is 4.98 Å². The van der Waals surface area contributed by atoms with Crippen molar-refractivity contribution < 1.29 is 4.74 Å². The second kappa shape index (κ2) is 6.83. The molecular weight excluding hydrogens is 326 g/mol. The summed E-state index contributed by atoms with van der Waals surface area (Å²) in [5.74, 6) is 2.16. The van der Waals surface area contributed by atoms with E-state index in [1.807, 2.05) is 0 Å². The minimum absolute atomic E-state index is 0.409. The minimum Gasteiger partial charge on any atom is -0.378 e. The highest BCUT2D eigenvalue weighted by Crippen LogP contribution is 2.34. The van der Waals surface area contributed by atoms with Crippen LogP contribution in [0, 0.1) is 5.92 Å². The molecule has 26 heavy (non-hydrogen) atoms. The molecule has 0 aromatic carbocycles. The summed E-state index contributed by atoms with van der Waals surface area (Å²) in [6.45, 7) is 8.14. The van der Waals surface area contributed by atoms with Gasteiger partial charge in [0, 0.05) is 45.5 Å². The largest absolute Gasteiger partial charge is 0.378 e. The third kappa shape index (κ3) is 3.21. The van der Waals surface area contributed by atoms with Gasteiger partial charge in [0.25, 0.3) is 0 Å². The fourth-order valence-electron chi connectivity index (χ4n) is 4.31. The zero-order valence-corrected chi connectivity index (χ0v) is 15.7. The van der Waals surface area contributed by atoms with Gasteiger partial charge in [-0.3, -0.25) is 9.30 Å². The third-order valence-corrected chi connectivity index (χ3v) is 6.05. The maximum Gasteiger partial charge on any atom is 0.138 e. The Morgan fingerprint density at radius 3 is 2.77 bits per heavy atom. The molecule has 3 aliphatic rings. The highest BCUT2D eigenvalue weighted by atomic mass is 16.5. The van der Waals surface area contributed by atoms with Gasteiger partial charge in [-0.05, 0) is 37.9 Å². The van der Waals surface area contributed by atoms with Crippen molar-refractivity contribution in [3.63, 3.8) is 0 Å². The Balaban J connectivity index is 1.47. The minimum atomic E-state index is 0.409. The van der Waals surface area contributed by atoms with E-state index in [-0.39, 0.29) is 0 Å². The lowest BCUT2D eigenvalue weighted by atomic mass is 10.1. The van der Waals surface area contributed by atoms with Crippen LogP contribution < -0.4 is 4.90 Å². The van der Waals surface area contributed by atoms with Gasteiger partial charge in [-0.2, -0.15) is 0 Å². The molecule has 5 rings (SSSR count). The molecular formula is C20H29N5O. The van der Waals surface area contributed by atoms with E-state index in [0.717, 1.165) is 57.5 Å². The second-order valence-electron chi connectivity index (χ2n) is 8.09. The monoisotopic (exact) mass is 355 g/mol. The van der Waals surface area contributed by atoms with Gasteiger partial charge in [0.1, 0.15) is 11.5 Å². The van der Waals surface area contributed by atoms with Crippen LogP contribution in [0.4, 0.5) is 5.82 Å². The van der Waals surface area contributed by atoms with Crippen LogP contribution in [0.3, 0.4) is 0 Å². The van der Waals surface area contributed by atoms with Crippen LogP contribution in [0.5, 0.6) is 0 Å². The summed E-state index contributed by atoms with van der Waals surface area (Å²) in [6, 6.07) is 6.88. The average molecular weight is 355 g/mol. The zero-order valence-electron chi connectivity index (χ0n) is 15.7. The second-order valence-corrected chi connectivity index (χ2v) is 8.09. The number of hydrogen-bond acceptors (Lipinski definition) is 5. The van der Waals surface area contributed by atoms with Crippen molar-refractivity contribution >= 4 is 11.5 Å². The summed E-state index contributed by atoms with van der Waals surface area (Å²) in [5, 5.41) is 0. The number of piperazine rings is 1. The lowest BCUT2D eigenvalue weighted by Gasteiger charge is -2.39. The Labute approximate surface area is 155 Å². The van der Waals surface area contributed by atoms with Gasteiger partial charge in [-0.1, -0.05) is 6.07 Å². The molecule has 0 unspecified atom stereocenters. The summed E-state index contributed by atoms with van der Waals surface area (Å²) in [7, 11) is 2.23. The van der Waals surface area contributed by atoms with Crippen LogP contribution in [0.2, 0.25) is 0 Å². The molecule has 2 aromatic rings. The molecule has 6 nitrogen and oxygen atoms in total. The molecule has 0 bridgehead atoms. The van der Waals surface area contributed by atoms with Crippen molar-refractivity contribution in [2.24, 2.45) is 5.92 Å². The van der Waals surface area contributed by atoms with E-state index in [4.69, 9.17) is 9.72 Å². The van der Waals surface area contributed by atoms with Gasteiger partial charge in [-0.15, -0.1) is 0 Å². The molecule has 0 radical (unpaired) electrons. The third-order valence-electron chi connectivity index (χ3n) is 6.05. The van der Waals surface area contributed by atoms with E-state index in [1.165, 1.54) is 30.9 Å². The first-order valence-electron chi connectivity index (χ1n) is 10.0. The van der Waals surface area contributed by atoms with Crippen molar-refractivity contribution in [1.82, 2.24) is 19.2 Å². The Kier molecular flexibility index (Phi) is 4.35. The predicted molar refractivity (Wildman–Crippen MR) is 103 cm³/mol. The van der Waals surface area contributed by atoms with Crippen LogP contribution in [0.1, 0.15) is 24.6 Å². The summed E-state index contributed by atoms with van der Waals surface area (Å²) in [5.41, 5.74) is 2.28. The number of pyridine rings is 1. The maximum atomic E-state index is 5.52. The Bertz CT molecular complexity index is 765. The first-order chi connectivity index (χ1) is 12.8. The smallest absolute Gasteiger partial charge is 0.138 e. The SMILES string of the molecule is CN1CCN(CC2CC2)[C@@H](c2cn3c(N4CCOCC4)cccc3n2)C1. The molecule has 6 heteroatoms. The van der Waals surface area contributed by atoms with Crippen LogP contribution in [0.15, 0.2) is 24.4 Å². The molecule has 0 amide bonds. The fraction of sp³-hybridized carbons (Fsp3) is 0.650. The van der Waals surface area contributed by atoms with Crippen molar-refractivity contribution in [3.8, 4) is 0 Å². The first-order valence-corrected chi connectivity index (χ1v) is 10.0. The predicted octanol–water partition coefficient (Wildman–Crippen LogP) is 1.87. The quantitative estimate of drug-likeness (QED) is 0.837. The Morgan fingerprint density at radius 1 is 1.12 bits per heavy atom. The molecule has 0 spiro atoms. The van der Waals surface area contributed by atoms with Crippen LogP contribution in [0.25, 0.3) is 5.65 Å². The van der Waals surface area contributed by atoms with Gasteiger partial charge >= 0.3 is 0 Å². The van der Waals surface area contributed by atoms with E-state index in [2.05, 4.69) is 50.5 Å².